The number of fused-ring (bicyclic) bond motifs is 1. The van der Waals surface area contributed by atoms with Crippen molar-refractivity contribution in [2.75, 3.05) is 12.0 Å². The molecule has 0 fully saturated rings. The Morgan fingerprint density at radius 3 is 2.72 bits per heavy atom. The fourth-order valence-corrected chi connectivity index (χ4v) is 4.68. The van der Waals surface area contributed by atoms with E-state index < -0.39 is 6.04 Å². The summed E-state index contributed by atoms with van der Waals surface area (Å²) >= 11 is 1.56. The summed E-state index contributed by atoms with van der Waals surface area (Å²) < 4.78 is 4.94. The highest BCUT2D eigenvalue weighted by molar-refractivity contribution is 7.14. The number of nitrogens with zero attached hydrogens (tertiary/aromatic N) is 1. The van der Waals surface area contributed by atoms with Crippen LogP contribution in [0.1, 0.15) is 45.9 Å². The van der Waals surface area contributed by atoms with Crippen LogP contribution in [0.4, 0.5) is 5.69 Å². The Hall–Kier alpha value is -2.14. The second-order valence-electron chi connectivity index (χ2n) is 6.21. The van der Waals surface area contributed by atoms with E-state index in [1.165, 1.54) is 17.6 Å². The van der Waals surface area contributed by atoms with Crippen LogP contribution in [-0.4, -0.2) is 25.0 Å². The molecule has 2 aromatic rings. The van der Waals surface area contributed by atoms with Gasteiger partial charge in [-0.3, -0.25) is 9.69 Å². The zero-order valence-corrected chi connectivity index (χ0v) is 15.7. The Morgan fingerprint density at radius 2 is 2.04 bits per heavy atom. The van der Waals surface area contributed by atoms with E-state index in [1.54, 1.807) is 16.2 Å². The molecule has 2 heterocycles. The zero-order valence-electron chi connectivity index (χ0n) is 14.9. The number of benzene rings is 1. The van der Waals surface area contributed by atoms with Gasteiger partial charge in [-0.15, -0.1) is 11.3 Å². The van der Waals surface area contributed by atoms with Crippen LogP contribution in [0.3, 0.4) is 0 Å². The highest BCUT2D eigenvalue weighted by Crippen LogP contribution is 2.35. The molecule has 0 spiro atoms. The van der Waals surface area contributed by atoms with Crippen LogP contribution >= 0.6 is 11.3 Å². The molecule has 3 rings (SSSR count). The summed E-state index contributed by atoms with van der Waals surface area (Å²) in [6, 6.07) is 9.10. The number of aryl methyl sites for hydroxylation is 2. The van der Waals surface area contributed by atoms with Crippen LogP contribution in [0.2, 0.25) is 0 Å². The van der Waals surface area contributed by atoms with Gasteiger partial charge in [0.2, 0.25) is 0 Å². The van der Waals surface area contributed by atoms with E-state index in [0.29, 0.717) is 11.3 Å². The molecule has 1 amide bonds. The number of hydrogen-bond donors (Lipinski definition) is 0. The molecule has 1 atom stereocenters. The summed E-state index contributed by atoms with van der Waals surface area (Å²) in [6.45, 7) is 4.25. The normalized spacial score (nSPS) is 16.0. The fraction of sp³-hybridized carbons (Fsp3) is 0.400. The Labute approximate surface area is 152 Å². The monoisotopic (exact) mass is 357 g/mol. The predicted molar refractivity (Wildman–Crippen MR) is 100 cm³/mol. The molecule has 0 saturated carbocycles. The molecule has 0 bridgehead atoms. The van der Waals surface area contributed by atoms with E-state index in [0.717, 1.165) is 30.5 Å². The minimum atomic E-state index is -0.586. The topological polar surface area (TPSA) is 46.6 Å². The summed E-state index contributed by atoms with van der Waals surface area (Å²) in [5.41, 5.74) is 3.05. The first-order valence-electron chi connectivity index (χ1n) is 8.71. The van der Waals surface area contributed by atoms with Crippen LogP contribution in [0, 0.1) is 0 Å². The Balaban J connectivity index is 2.00. The minimum Gasteiger partial charge on any atom is -0.467 e. The quantitative estimate of drug-likeness (QED) is 0.760. The number of thiophene rings is 1. The second-order valence-corrected chi connectivity index (χ2v) is 7.35. The summed E-state index contributed by atoms with van der Waals surface area (Å²) in [6.07, 6.45) is 3.45. The van der Waals surface area contributed by atoms with Crippen LogP contribution in [0.15, 0.2) is 30.3 Å². The highest BCUT2D eigenvalue weighted by Gasteiger charge is 2.39. The van der Waals surface area contributed by atoms with Crippen molar-refractivity contribution >= 4 is 28.9 Å². The first-order chi connectivity index (χ1) is 12.1. The van der Waals surface area contributed by atoms with E-state index in [9.17, 15) is 9.59 Å². The minimum absolute atomic E-state index is 0.109. The number of para-hydroxylation sites is 1. The fourth-order valence-electron chi connectivity index (χ4n) is 3.39. The van der Waals surface area contributed by atoms with E-state index in [4.69, 9.17) is 4.74 Å². The Morgan fingerprint density at radius 1 is 1.28 bits per heavy atom. The molecule has 4 nitrogen and oxygen atoms in total. The number of esters is 1. The number of carbonyl (C=O) groups excluding carboxylic acids is 2. The largest absolute Gasteiger partial charge is 0.467 e. The van der Waals surface area contributed by atoms with Gasteiger partial charge >= 0.3 is 5.97 Å². The number of rotatable bonds is 5. The van der Waals surface area contributed by atoms with Crippen LogP contribution in [0.25, 0.3) is 0 Å². The maximum Gasteiger partial charge on any atom is 0.329 e. The van der Waals surface area contributed by atoms with Crippen molar-refractivity contribution in [1.29, 1.82) is 0 Å². The van der Waals surface area contributed by atoms with Gasteiger partial charge in [0, 0.05) is 17.0 Å². The van der Waals surface area contributed by atoms with Crippen LogP contribution < -0.4 is 4.90 Å². The van der Waals surface area contributed by atoms with Gasteiger partial charge in [0.1, 0.15) is 6.04 Å². The maximum atomic E-state index is 13.3. The van der Waals surface area contributed by atoms with Crippen molar-refractivity contribution in [1.82, 2.24) is 0 Å². The summed E-state index contributed by atoms with van der Waals surface area (Å²) in [7, 11) is 1.37. The first-order valence-corrected chi connectivity index (χ1v) is 9.53. The molecule has 0 saturated heterocycles. The van der Waals surface area contributed by atoms with E-state index in [-0.39, 0.29) is 11.9 Å². The van der Waals surface area contributed by atoms with Gasteiger partial charge in [-0.1, -0.05) is 38.5 Å². The third-order valence-corrected chi connectivity index (χ3v) is 5.86. The lowest BCUT2D eigenvalue weighted by Crippen LogP contribution is -2.43. The summed E-state index contributed by atoms with van der Waals surface area (Å²) in [4.78, 5) is 29.1. The molecular formula is C20H23NO3S. The van der Waals surface area contributed by atoms with Crippen molar-refractivity contribution < 1.29 is 14.3 Å². The van der Waals surface area contributed by atoms with Gasteiger partial charge in [0.25, 0.3) is 5.91 Å². The first kappa shape index (κ1) is 17.7. The SMILES string of the molecule is CCCc1sc(C(=O)N2c3ccccc3CC2C(=O)OC)cc1CC. The lowest BCUT2D eigenvalue weighted by atomic mass is 10.1. The molecule has 1 unspecified atom stereocenters. The third kappa shape index (κ3) is 3.21. The number of carbonyl (C=O) groups is 2. The number of methoxy groups -OCH3 is 1. The molecule has 0 radical (unpaired) electrons. The van der Waals surface area contributed by atoms with E-state index >= 15 is 0 Å². The van der Waals surface area contributed by atoms with Gasteiger partial charge in [0.05, 0.1) is 12.0 Å². The number of anilines is 1. The van der Waals surface area contributed by atoms with Crippen molar-refractivity contribution in [2.45, 2.75) is 45.6 Å². The molecule has 132 valence electrons. The van der Waals surface area contributed by atoms with Gasteiger partial charge < -0.3 is 4.74 Å². The summed E-state index contributed by atoms with van der Waals surface area (Å²) in [5.74, 6) is -0.479. The van der Waals surface area contributed by atoms with Crippen LogP contribution in [0.5, 0.6) is 0 Å². The predicted octanol–water partition coefficient (Wildman–Crippen LogP) is 4.01. The van der Waals surface area contributed by atoms with E-state index in [1.807, 2.05) is 30.3 Å². The Bertz CT molecular complexity index is 796. The molecule has 1 aliphatic rings. The van der Waals surface area contributed by atoms with Gasteiger partial charge in [-0.25, -0.2) is 4.79 Å². The Kier molecular flexibility index (Phi) is 5.23. The van der Waals surface area contributed by atoms with Crippen molar-refractivity contribution in [3.8, 4) is 0 Å². The third-order valence-electron chi connectivity index (χ3n) is 4.63. The lowest BCUT2D eigenvalue weighted by molar-refractivity contribution is -0.141. The molecule has 1 aliphatic heterocycles. The maximum absolute atomic E-state index is 13.3. The standard InChI is InChI=1S/C20H23NO3S/c1-4-8-17-13(5-2)12-18(25-17)19(22)21-15-10-7-6-9-14(15)11-16(21)20(23)24-3/h6-7,9-10,12,16H,4-5,8,11H2,1-3H3. The second kappa shape index (κ2) is 7.40. The molecule has 0 N–H and O–H groups in total. The lowest BCUT2D eigenvalue weighted by Gasteiger charge is -2.23. The molecular weight excluding hydrogens is 334 g/mol. The van der Waals surface area contributed by atoms with Crippen LogP contribution in [-0.2, 0) is 28.8 Å². The molecule has 5 heteroatoms. The number of hydrogen-bond acceptors (Lipinski definition) is 4. The van der Waals surface area contributed by atoms with Gasteiger partial charge in [-0.2, -0.15) is 0 Å². The van der Waals surface area contributed by atoms with Crippen molar-refractivity contribution in [3.05, 3.63) is 51.2 Å². The van der Waals surface area contributed by atoms with Crippen molar-refractivity contribution in [2.24, 2.45) is 0 Å². The molecule has 25 heavy (non-hydrogen) atoms. The number of ether oxygens (including phenoxy) is 1. The molecule has 1 aromatic heterocycles. The number of amides is 1. The highest BCUT2D eigenvalue weighted by atomic mass is 32.1. The van der Waals surface area contributed by atoms with Crippen molar-refractivity contribution in [3.63, 3.8) is 0 Å². The molecule has 1 aromatic carbocycles. The zero-order chi connectivity index (χ0) is 18.0. The average Bonchev–Trinajstić information content (AvgIpc) is 3.22. The van der Waals surface area contributed by atoms with Gasteiger partial charge in [-0.05, 0) is 36.1 Å². The van der Waals surface area contributed by atoms with E-state index in [2.05, 4.69) is 13.8 Å². The smallest absolute Gasteiger partial charge is 0.329 e. The summed E-state index contributed by atoms with van der Waals surface area (Å²) in [5, 5.41) is 0. The molecule has 0 aliphatic carbocycles. The van der Waals surface area contributed by atoms with Gasteiger partial charge in [0.15, 0.2) is 0 Å². The average molecular weight is 357 g/mol.